The summed E-state index contributed by atoms with van der Waals surface area (Å²) in [6.07, 6.45) is 8.68. The molecule has 0 unspecified atom stereocenters. The van der Waals surface area contributed by atoms with Crippen molar-refractivity contribution in [3.63, 3.8) is 0 Å². The molecular formula is C22H24ClFN2. The first-order valence-corrected chi connectivity index (χ1v) is 10.0. The third kappa shape index (κ3) is 2.56. The van der Waals surface area contributed by atoms with Crippen LogP contribution in [0, 0.1) is 5.92 Å². The molecule has 2 heterocycles. The Morgan fingerprint density at radius 2 is 2.00 bits per heavy atom. The summed E-state index contributed by atoms with van der Waals surface area (Å²) < 4.78 is 16.0. The molecule has 1 aromatic heterocycles. The number of likely N-dealkylation sites (N-methyl/N-ethyl adjacent to an activating group) is 1. The van der Waals surface area contributed by atoms with Crippen LogP contribution in [0.15, 0.2) is 41.8 Å². The summed E-state index contributed by atoms with van der Waals surface area (Å²) >= 11 is 6.32. The number of halogens is 2. The minimum absolute atomic E-state index is 0.0195. The normalized spacial score (nSPS) is 26.3. The van der Waals surface area contributed by atoms with Crippen molar-refractivity contribution in [3.8, 4) is 0 Å². The average molecular weight is 371 g/mol. The maximum atomic E-state index is 13.4. The van der Waals surface area contributed by atoms with E-state index in [1.54, 1.807) is 6.08 Å². The van der Waals surface area contributed by atoms with Gasteiger partial charge >= 0.3 is 0 Å². The van der Waals surface area contributed by atoms with E-state index in [0.29, 0.717) is 18.4 Å². The van der Waals surface area contributed by atoms with Gasteiger partial charge in [-0.25, -0.2) is 4.39 Å². The van der Waals surface area contributed by atoms with Crippen molar-refractivity contribution < 1.29 is 4.39 Å². The van der Waals surface area contributed by atoms with Crippen LogP contribution in [0.5, 0.6) is 0 Å². The molecule has 0 N–H and O–H groups in total. The molecule has 0 radical (unpaired) electrons. The number of nitrogens with zero attached hydrogens (tertiary/aromatic N) is 2. The van der Waals surface area contributed by atoms with Crippen LogP contribution in [0.25, 0.3) is 10.9 Å². The van der Waals surface area contributed by atoms with Gasteiger partial charge in [0.05, 0.1) is 0 Å². The molecule has 0 amide bonds. The van der Waals surface area contributed by atoms with E-state index in [9.17, 15) is 4.39 Å². The van der Waals surface area contributed by atoms with Gasteiger partial charge in [-0.1, -0.05) is 23.3 Å². The lowest BCUT2D eigenvalue weighted by atomic mass is 9.72. The second kappa shape index (κ2) is 6.24. The number of hydrogen-bond donors (Lipinski definition) is 0. The van der Waals surface area contributed by atoms with Gasteiger partial charge < -0.3 is 9.47 Å². The Morgan fingerprint density at radius 3 is 2.73 bits per heavy atom. The van der Waals surface area contributed by atoms with E-state index in [0.717, 1.165) is 31.0 Å². The predicted molar refractivity (Wildman–Crippen MR) is 105 cm³/mol. The van der Waals surface area contributed by atoms with Crippen LogP contribution in [-0.2, 0) is 13.0 Å². The van der Waals surface area contributed by atoms with Crippen molar-refractivity contribution >= 4 is 22.5 Å². The molecule has 0 bridgehead atoms. The van der Waals surface area contributed by atoms with Gasteiger partial charge in [0.25, 0.3) is 0 Å². The number of allylic oxidation sites excluding steroid dienone is 4. The zero-order chi connectivity index (χ0) is 17.8. The van der Waals surface area contributed by atoms with Gasteiger partial charge in [0.1, 0.15) is 5.83 Å². The highest BCUT2D eigenvalue weighted by atomic mass is 35.5. The van der Waals surface area contributed by atoms with E-state index >= 15 is 0 Å². The van der Waals surface area contributed by atoms with E-state index in [4.69, 9.17) is 11.6 Å². The highest BCUT2D eigenvalue weighted by Crippen LogP contribution is 2.49. The molecule has 2 atom stereocenters. The van der Waals surface area contributed by atoms with E-state index < -0.39 is 0 Å². The molecule has 136 valence electrons. The molecule has 0 saturated heterocycles. The topological polar surface area (TPSA) is 8.17 Å². The summed E-state index contributed by atoms with van der Waals surface area (Å²) in [4.78, 5) is 2.39. The van der Waals surface area contributed by atoms with Gasteiger partial charge in [-0.2, -0.15) is 0 Å². The number of rotatable bonds is 2. The zero-order valence-corrected chi connectivity index (χ0v) is 15.9. The maximum Gasteiger partial charge on any atom is 0.100 e. The van der Waals surface area contributed by atoms with Crippen molar-refractivity contribution in [2.45, 2.75) is 44.7 Å². The Morgan fingerprint density at radius 1 is 1.12 bits per heavy atom. The van der Waals surface area contributed by atoms with E-state index in [-0.39, 0.29) is 5.83 Å². The number of hydrogen-bond acceptors (Lipinski definition) is 1. The Labute approximate surface area is 158 Å². The third-order valence-electron chi connectivity index (χ3n) is 6.52. The molecule has 26 heavy (non-hydrogen) atoms. The maximum absolute atomic E-state index is 13.4. The van der Waals surface area contributed by atoms with Crippen LogP contribution in [0.3, 0.4) is 0 Å². The average Bonchev–Trinajstić information content (AvgIpc) is 2.89. The highest BCUT2D eigenvalue weighted by Gasteiger charge is 2.38. The van der Waals surface area contributed by atoms with Gasteiger partial charge in [-0.3, -0.25) is 0 Å². The fraction of sp³-hybridized carbons (Fsp3) is 0.455. The molecule has 2 nitrogen and oxygen atoms in total. The molecule has 0 spiro atoms. The fourth-order valence-electron chi connectivity index (χ4n) is 5.04. The predicted octanol–water partition coefficient (Wildman–Crippen LogP) is 5.81. The molecule has 1 fully saturated rings. The van der Waals surface area contributed by atoms with Gasteiger partial charge in [0.15, 0.2) is 0 Å². The largest absolute Gasteiger partial charge is 0.341 e. The summed E-state index contributed by atoms with van der Waals surface area (Å²) in [5.74, 6) is 0.570. The summed E-state index contributed by atoms with van der Waals surface area (Å²) in [5.41, 5.74) is 5.70. The monoisotopic (exact) mass is 370 g/mol. The lowest BCUT2D eigenvalue weighted by molar-refractivity contribution is 0.208. The smallest absolute Gasteiger partial charge is 0.100 e. The lowest BCUT2D eigenvalue weighted by Crippen LogP contribution is -2.34. The first-order valence-electron chi connectivity index (χ1n) is 9.66. The molecule has 2 aromatic rings. The Bertz CT molecular complexity index is 939. The molecule has 1 aromatic carbocycles. The molecule has 2 aliphatic carbocycles. The Balaban J connectivity index is 1.61. The summed E-state index contributed by atoms with van der Waals surface area (Å²) in [7, 11) is 2.19. The van der Waals surface area contributed by atoms with Crippen LogP contribution >= 0.6 is 11.6 Å². The van der Waals surface area contributed by atoms with Crippen molar-refractivity contribution in [3.05, 3.63) is 58.0 Å². The number of benzene rings is 1. The minimum Gasteiger partial charge on any atom is -0.341 e. The number of fused-ring (bicyclic) bond motifs is 3. The second-order valence-corrected chi connectivity index (χ2v) is 8.49. The highest BCUT2D eigenvalue weighted by molar-refractivity contribution is 6.31. The molecule has 5 rings (SSSR count). The van der Waals surface area contributed by atoms with Crippen molar-refractivity contribution in [2.75, 3.05) is 13.6 Å². The fourth-order valence-corrected chi connectivity index (χ4v) is 5.21. The SMILES string of the molecule is CN1CCc2c(c3cc(Cl)ccc3n2[C@H]2CC[C@@H]2C2=CC=C(F)CC2)C1. The lowest BCUT2D eigenvalue weighted by Gasteiger charge is -2.42. The molecule has 1 saturated carbocycles. The molecule has 4 heteroatoms. The van der Waals surface area contributed by atoms with Crippen LogP contribution in [0.4, 0.5) is 4.39 Å². The Kier molecular flexibility index (Phi) is 3.98. The first-order chi connectivity index (χ1) is 12.6. The second-order valence-electron chi connectivity index (χ2n) is 8.05. The standard InChI is InChI=1S/C22H24ClFN2/c1-25-11-10-22-19(13-25)18-12-15(23)4-8-21(18)26(22)20-9-7-17(20)14-2-5-16(24)6-3-14/h2,4-5,8,12,17,20H,3,6-7,9-11,13H2,1H3/t17-,20+/m1/s1. The van der Waals surface area contributed by atoms with Crippen molar-refractivity contribution in [1.82, 2.24) is 9.47 Å². The molecular weight excluding hydrogens is 347 g/mol. The van der Waals surface area contributed by atoms with Gasteiger partial charge in [0.2, 0.25) is 0 Å². The number of aromatic nitrogens is 1. The van der Waals surface area contributed by atoms with E-state index in [1.807, 2.05) is 12.1 Å². The summed E-state index contributed by atoms with van der Waals surface area (Å²) in [5, 5.41) is 2.12. The van der Waals surface area contributed by atoms with Crippen LogP contribution in [0.2, 0.25) is 5.02 Å². The summed E-state index contributed by atoms with van der Waals surface area (Å²) in [6, 6.07) is 6.85. The van der Waals surface area contributed by atoms with E-state index in [1.165, 1.54) is 40.6 Å². The third-order valence-corrected chi connectivity index (χ3v) is 6.75. The van der Waals surface area contributed by atoms with Crippen LogP contribution < -0.4 is 0 Å². The van der Waals surface area contributed by atoms with Gasteiger partial charge in [-0.05, 0) is 56.1 Å². The molecule has 1 aliphatic heterocycles. The zero-order valence-electron chi connectivity index (χ0n) is 15.1. The minimum atomic E-state index is 0.0195. The van der Waals surface area contributed by atoms with Gasteiger partial charge in [-0.15, -0.1) is 0 Å². The van der Waals surface area contributed by atoms with E-state index in [2.05, 4.69) is 28.6 Å². The van der Waals surface area contributed by atoms with Crippen LogP contribution in [-0.4, -0.2) is 23.1 Å². The molecule has 3 aliphatic rings. The Hall–Kier alpha value is -1.58. The van der Waals surface area contributed by atoms with Crippen molar-refractivity contribution in [2.24, 2.45) is 5.92 Å². The quantitative estimate of drug-likeness (QED) is 0.647. The first kappa shape index (κ1) is 16.6. The van der Waals surface area contributed by atoms with Crippen LogP contribution in [0.1, 0.15) is 43.0 Å². The van der Waals surface area contributed by atoms with Gasteiger partial charge in [0, 0.05) is 59.5 Å². The van der Waals surface area contributed by atoms with Crippen molar-refractivity contribution in [1.29, 1.82) is 0 Å². The summed E-state index contributed by atoms with van der Waals surface area (Å²) in [6.45, 7) is 2.10.